The van der Waals surface area contributed by atoms with E-state index < -0.39 is 0 Å². The lowest BCUT2D eigenvalue weighted by molar-refractivity contribution is 0.508. The molecule has 1 rings (SSSR count). The molecule has 0 amide bonds. The van der Waals surface area contributed by atoms with Crippen LogP contribution in [0.25, 0.3) is 0 Å². The summed E-state index contributed by atoms with van der Waals surface area (Å²) in [5.74, 6) is 7.60. The van der Waals surface area contributed by atoms with Crippen molar-refractivity contribution in [2.45, 2.75) is 44.4 Å². The molecule has 0 saturated heterocycles. The van der Waals surface area contributed by atoms with Crippen LogP contribution in [0.15, 0.2) is 0 Å². The van der Waals surface area contributed by atoms with Crippen LogP contribution < -0.4 is 11.3 Å². The van der Waals surface area contributed by atoms with Crippen LogP contribution in [0.5, 0.6) is 0 Å². The smallest absolute Gasteiger partial charge is 0.0303 e. The number of nitrogens with two attached hydrogens (primary N) is 1. The SMILES string of the molecule is CC(C)SCC(CC1CC1)NN. The largest absolute Gasteiger partial charge is 0.271 e. The first-order valence-electron chi connectivity index (χ1n) is 4.80. The van der Waals surface area contributed by atoms with E-state index in [4.69, 9.17) is 5.84 Å². The quantitative estimate of drug-likeness (QED) is 0.493. The van der Waals surface area contributed by atoms with Gasteiger partial charge in [0.1, 0.15) is 0 Å². The zero-order valence-corrected chi connectivity index (χ0v) is 8.86. The Hall–Kier alpha value is 0.270. The predicted octanol–water partition coefficient (Wildman–Crippen LogP) is 1.76. The van der Waals surface area contributed by atoms with Crippen molar-refractivity contribution in [2.75, 3.05) is 5.75 Å². The number of hydrazine groups is 1. The van der Waals surface area contributed by atoms with Crippen LogP contribution in [0.1, 0.15) is 33.1 Å². The molecule has 0 aromatic rings. The second-order valence-corrected chi connectivity index (χ2v) is 5.53. The van der Waals surface area contributed by atoms with Crippen molar-refractivity contribution in [3.05, 3.63) is 0 Å². The van der Waals surface area contributed by atoms with Crippen LogP contribution in [0, 0.1) is 5.92 Å². The minimum absolute atomic E-state index is 0.532. The summed E-state index contributed by atoms with van der Waals surface area (Å²) in [6.45, 7) is 4.46. The Morgan fingerprint density at radius 2 is 2.17 bits per heavy atom. The van der Waals surface area contributed by atoms with Crippen molar-refractivity contribution >= 4 is 11.8 Å². The topological polar surface area (TPSA) is 38.0 Å². The average Bonchev–Trinajstić information content (AvgIpc) is 2.81. The summed E-state index contributed by atoms with van der Waals surface area (Å²) in [6.07, 6.45) is 4.12. The van der Waals surface area contributed by atoms with Crippen molar-refractivity contribution < 1.29 is 0 Å². The molecule has 3 heteroatoms. The van der Waals surface area contributed by atoms with E-state index in [1.54, 1.807) is 0 Å². The molecule has 1 atom stereocenters. The molecule has 3 N–H and O–H groups in total. The van der Waals surface area contributed by atoms with Gasteiger partial charge in [-0.25, -0.2) is 0 Å². The number of rotatable bonds is 6. The van der Waals surface area contributed by atoms with E-state index >= 15 is 0 Å². The Balaban J connectivity index is 2.06. The third-order valence-corrected chi connectivity index (χ3v) is 3.44. The first-order chi connectivity index (χ1) is 5.72. The highest BCUT2D eigenvalue weighted by Gasteiger charge is 2.24. The van der Waals surface area contributed by atoms with Gasteiger partial charge >= 0.3 is 0 Å². The molecule has 1 aliphatic carbocycles. The molecule has 12 heavy (non-hydrogen) atoms. The van der Waals surface area contributed by atoms with Gasteiger partial charge in [0.2, 0.25) is 0 Å². The zero-order chi connectivity index (χ0) is 8.97. The predicted molar refractivity (Wildman–Crippen MR) is 56.0 cm³/mol. The maximum atomic E-state index is 5.47. The lowest BCUT2D eigenvalue weighted by Gasteiger charge is -2.15. The van der Waals surface area contributed by atoms with Crippen molar-refractivity contribution in [1.82, 2.24) is 5.43 Å². The second kappa shape index (κ2) is 5.10. The fourth-order valence-electron chi connectivity index (χ4n) is 1.25. The molecular formula is C9H20N2S. The van der Waals surface area contributed by atoms with Crippen LogP contribution in [0.2, 0.25) is 0 Å². The molecule has 72 valence electrons. The van der Waals surface area contributed by atoms with Gasteiger partial charge < -0.3 is 0 Å². The van der Waals surface area contributed by atoms with Crippen molar-refractivity contribution in [3.8, 4) is 0 Å². The minimum atomic E-state index is 0.532. The normalized spacial score (nSPS) is 20.0. The zero-order valence-electron chi connectivity index (χ0n) is 8.05. The van der Waals surface area contributed by atoms with Gasteiger partial charge in [-0.05, 0) is 17.6 Å². The summed E-state index contributed by atoms with van der Waals surface area (Å²) in [7, 11) is 0. The molecule has 0 heterocycles. The minimum Gasteiger partial charge on any atom is -0.271 e. The van der Waals surface area contributed by atoms with E-state index in [2.05, 4.69) is 19.3 Å². The van der Waals surface area contributed by atoms with Crippen LogP contribution in [-0.2, 0) is 0 Å². The maximum Gasteiger partial charge on any atom is 0.0303 e. The lowest BCUT2D eigenvalue weighted by Crippen LogP contribution is -2.37. The van der Waals surface area contributed by atoms with E-state index in [1.165, 1.54) is 19.3 Å². The van der Waals surface area contributed by atoms with Gasteiger partial charge in [-0.15, -0.1) is 0 Å². The number of nitrogens with one attached hydrogen (secondary N) is 1. The Labute approximate surface area is 79.6 Å². The highest BCUT2D eigenvalue weighted by Crippen LogP contribution is 2.34. The lowest BCUT2D eigenvalue weighted by atomic mass is 10.2. The molecule has 1 unspecified atom stereocenters. The van der Waals surface area contributed by atoms with Gasteiger partial charge in [0.25, 0.3) is 0 Å². The average molecular weight is 188 g/mol. The van der Waals surface area contributed by atoms with Gasteiger partial charge in [-0.2, -0.15) is 11.8 Å². The van der Waals surface area contributed by atoms with Gasteiger partial charge in [0, 0.05) is 11.8 Å². The summed E-state index contributed by atoms with van der Waals surface area (Å²) in [6, 6.07) is 0.532. The highest BCUT2D eigenvalue weighted by molar-refractivity contribution is 7.99. The van der Waals surface area contributed by atoms with E-state index in [-0.39, 0.29) is 0 Å². The van der Waals surface area contributed by atoms with Crippen molar-refractivity contribution in [1.29, 1.82) is 0 Å². The first-order valence-corrected chi connectivity index (χ1v) is 5.85. The molecule has 0 aliphatic heterocycles. The molecular weight excluding hydrogens is 168 g/mol. The van der Waals surface area contributed by atoms with Gasteiger partial charge in [-0.3, -0.25) is 11.3 Å². The number of thioether (sulfide) groups is 1. The van der Waals surface area contributed by atoms with E-state index in [1.807, 2.05) is 11.8 Å². The molecule has 1 saturated carbocycles. The Kier molecular flexibility index (Phi) is 4.40. The standard InChI is InChI=1S/C9H20N2S/c1-7(2)12-6-9(11-10)5-8-3-4-8/h7-9,11H,3-6,10H2,1-2H3. The third kappa shape index (κ3) is 4.33. The van der Waals surface area contributed by atoms with Gasteiger partial charge in [0.15, 0.2) is 0 Å². The van der Waals surface area contributed by atoms with Crippen LogP contribution >= 0.6 is 11.8 Å². The molecule has 0 aromatic carbocycles. The molecule has 0 spiro atoms. The summed E-state index contributed by atoms with van der Waals surface area (Å²) < 4.78 is 0. The Morgan fingerprint density at radius 3 is 2.58 bits per heavy atom. The van der Waals surface area contributed by atoms with Crippen molar-refractivity contribution in [3.63, 3.8) is 0 Å². The fraction of sp³-hybridized carbons (Fsp3) is 1.00. The van der Waals surface area contributed by atoms with Crippen LogP contribution in [-0.4, -0.2) is 17.0 Å². The molecule has 1 aliphatic rings. The van der Waals surface area contributed by atoms with E-state index in [0.29, 0.717) is 6.04 Å². The monoisotopic (exact) mass is 188 g/mol. The summed E-state index contributed by atoms with van der Waals surface area (Å²) in [4.78, 5) is 0. The molecule has 1 fully saturated rings. The maximum absolute atomic E-state index is 5.47. The van der Waals surface area contributed by atoms with E-state index in [9.17, 15) is 0 Å². The molecule has 0 aromatic heterocycles. The highest BCUT2D eigenvalue weighted by atomic mass is 32.2. The van der Waals surface area contributed by atoms with Crippen molar-refractivity contribution in [2.24, 2.45) is 11.8 Å². The third-order valence-electron chi connectivity index (χ3n) is 2.18. The van der Waals surface area contributed by atoms with E-state index in [0.717, 1.165) is 16.9 Å². The molecule has 0 radical (unpaired) electrons. The summed E-state index contributed by atoms with van der Waals surface area (Å²) in [5, 5.41) is 0.722. The van der Waals surface area contributed by atoms with Crippen LogP contribution in [0.4, 0.5) is 0 Å². The van der Waals surface area contributed by atoms with Gasteiger partial charge in [0.05, 0.1) is 0 Å². The summed E-state index contributed by atoms with van der Waals surface area (Å²) >= 11 is 1.99. The Morgan fingerprint density at radius 1 is 1.50 bits per heavy atom. The molecule has 0 bridgehead atoms. The van der Waals surface area contributed by atoms with Gasteiger partial charge in [-0.1, -0.05) is 26.7 Å². The summed E-state index contributed by atoms with van der Waals surface area (Å²) in [5.41, 5.74) is 2.91. The first kappa shape index (κ1) is 10.4. The number of hydrogen-bond acceptors (Lipinski definition) is 3. The second-order valence-electron chi connectivity index (χ2n) is 3.92. The van der Waals surface area contributed by atoms with Crippen LogP contribution in [0.3, 0.4) is 0 Å². The molecule has 2 nitrogen and oxygen atoms in total. The Bertz CT molecular complexity index is 124. The fourth-order valence-corrected chi connectivity index (χ4v) is 2.10. The number of hydrogen-bond donors (Lipinski definition) is 2.